The van der Waals surface area contributed by atoms with Crippen LogP contribution in [0.25, 0.3) is 11.4 Å². The molecule has 0 saturated heterocycles. The largest absolute Gasteiger partial charge is 0.462 e. The van der Waals surface area contributed by atoms with Crippen LogP contribution in [0.1, 0.15) is 23.0 Å². The second-order valence-corrected chi connectivity index (χ2v) is 5.06. The van der Waals surface area contributed by atoms with E-state index in [1.165, 1.54) is 0 Å². The number of nitrogen functional groups attached to an aromatic ring is 1. The zero-order valence-corrected chi connectivity index (χ0v) is 13.0. The molecule has 0 aliphatic carbocycles. The predicted octanol–water partition coefficient (Wildman–Crippen LogP) is 3.52. The Morgan fingerprint density at radius 2 is 2.00 bits per heavy atom. The summed E-state index contributed by atoms with van der Waals surface area (Å²) in [5.41, 5.74) is 7.14. The van der Waals surface area contributed by atoms with Gasteiger partial charge in [0.15, 0.2) is 5.82 Å². The van der Waals surface area contributed by atoms with Gasteiger partial charge in [0.05, 0.1) is 22.3 Å². The number of hydrogen-bond donors (Lipinski definition) is 1. The maximum absolute atomic E-state index is 11.8. The molecule has 2 N–H and O–H groups in total. The van der Waals surface area contributed by atoms with Crippen LogP contribution >= 0.6 is 23.2 Å². The van der Waals surface area contributed by atoms with Crippen LogP contribution in [-0.4, -0.2) is 22.5 Å². The number of benzene rings is 1. The van der Waals surface area contributed by atoms with E-state index in [1.807, 2.05) is 0 Å². The summed E-state index contributed by atoms with van der Waals surface area (Å²) in [6, 6.07) is 5.02. The van der Waals surface area contributed by atoms with E-state index in [0.29, 0.717) is 27.1 Å². The summed E-state index contributed by atoms with van der Waals surface area (Å²) < 4.78 is 4.93. The molecule has 0 atom stereocenters. The Morgan fingerprint density at radius 1 is 1.29 bits per heavy atom. The summed E-state index contributed by atoms with van der Waals surface area (Å²) in [6.45, 7) is 3.64. The summed E-state index contributed by atoms with van der Waals surface area (Å²) in [7, 11) is 0. The number of nitrogens with zero attached hydrogens (tertiary/aromatic N) is 2. The molecule has 0 saturated carbocycles. The lowest BCUT2D eigenvalue weighted by Gasteiger charge is -2.10. The first-order chi connectivity index (χ1) is 9.93. The number of aryl methyl sites for hydroxylation is 1. The first kappa shape index (κ1) is 15.5. The van der Waals surface area contributed by atoms with E-state index in [1.54, 1.807) is 32.0 Å². The van der Waals surface area contributed by atoms with Crippen molar-refractivity contribution in [3.8, 4) is 11.4 Å². The van der Waals surface area contributed by atoms with E-state index in [-0.39, 0.29) is 18.0 Å². The van der Waals surface area contributed by atoms with Gasteiger partial charge in [-0.1, -0.05) is 23.2 Å². The average molecular weight is 326 g/mol. The van der Waals surface area contributed by atoms with Crippen molar-refractivity contribution in [3.05, 3.63) is 39.5 Å². The van der Waals surface area contributed by atoms with Gasteiger partial charge in [0, 0.05) is 5.56 Å². The van der Waals surface area contributed by atoms with Crippen LogP contribution < -0.4 is 5.73 Å². The normalized spacial score (nSPS) is 10.5. The fourth-order valence-electron chi connectivity index (χ4n) is 1.81. The van der Waals surface area contributed by atoms with E-state index in [4.69, 9.17) is 33.7 Å². The van der Waals surface area contributed by atoms with Crippen LogP contribution in [0.5, 0.6) is 0 Å². The Bertz CT molecular complexity index is 682. The molecule has 5 nitrogen and oxygen atoms in total. The van der Waals surface area contributed by atoms with Crippen LogP contribution in [0, 0.1) is 6.92 Å². The number of aromatic nitrogens is 2. The SMILES string of the molecule is CCOC(=O)c1c(C)nc(-c2ccc(Cl)c(Cl)c2)nc1N. The molecule has 2 aromatic rings. The fourth-order valence-corrected chi connectivity index (χ4v) is 2.11. The molecule has 7 heteroatoms. The Kier molecular flexibility index (Phi) is 4.65. The van der Waals surface area contributed by atoms with Crippen LogP contribution in [0.2, 0.25) is 10.0 Å². The summed E-state index contributed by atoms with van der Waals surface area (Å²) in [5.74, 6) is -0.0909. The van der Waals surface area contributed by atoms with E-state index in [2.05, 4.69) is 9.97 Å². The molecule has 0 bridgehead atoms. The molecular formula is C14H13Cl2N3O2. The first-order valence-electron chi connectivity index (χ1n) is 6.20. The predicted molar refractivity (Wildman–Crippen MR) is 82.6 cm³/mol. The maximum Gasteiger partial charge on any atom is 0.343 e. The highest BCUT2D eigenvalue weighted by Crippen LogP contribution is 2.28. The van der Waals surface area contributed by atoms with Crippen molar-refractivity contribution in [2.75, 3.05) is 12.3 Å². The highest BCUT2D eigenvalue weighted by molar-refractivity contribution is 6.42. The Balaban J connectivity index is 2.48. The van der Waals surface area contributed by atoms with Gasteiger partial charge in [0.2, 0.25) is 0 Å². The van der Waals surface area contributed by atoms with Gasteiger partial charge in [-0.25, -0.2) is 14.8 Å². The van der Waals surface area contributed by atoms with Gasteiger partial charge in [-0.3, -0.25) is 0 Å². The number of nitrogens with two attached hydrogens (primary N) is 1. The minimum absolute atomic E-state index is 0.0713. The third kappa shape index (κ3) is 3.25. The average Bonchev–Trinajstić information content (AvgIpc) is 2.41. The molecule has 2 rings (SSSR count). The van der Waals surface area contributed by atoms with E-state index in [0.717, 1.165) is 0 Å². The molecule has 1 heterocycles. The van der Waals surface area contributed by atoms with Crippen molar-refractivity contribution in [2.45, 2.75) is 13.8 Å². The highest BCUT2D eigenvalue weighted by Gasteiger charge is 2.18. The second kappa shape index (κ2) is 6.28. The second-order valence-electron chi connectivity index (χ2n) is 4.24. The molecule has 0 spiro atoms. The van der Waals surface area contributed by atoms with Crippen LogP contribution in [-0.2, 0) is 4.74 Å². The molecule has 0 aliphatic heterocycles. The topological polar surface area (TPSA) is 78.1 Å². The summed E-state index contributed by atoms with van der Waals surface area (Å²) in [6.07, 6.45) is 0. The number of rotatable bonds is 3. The van der Waals surface area contributed by atoms with Crippen molar-refractivity contribution in [2.24, 2.45) is 0 Å². The quantitative estimate of drug-likeness (QED) is 0.873. The lowest BCUT2D eigenvalue weighted by Crippen LogP contribution is -2.13. The highest BCUT2D eigenvalue weighted by atomic mass is 35.5. The van der Waals surface area contributed by atoms with Gasteiger partial charge in [-0.2, -0.15) is 0 Å². The van der Waals surface area contributed by atoms with Gasteiger partial charge in [-0.05, 0) is 32.0 Å². The minimum Gasteiger partial charge on any atom is -0.462 e. The Labute approximate surface area is 132 Å². The summed E-state index contributed by atoms with van der Waals surface area (Å²) in [4.78, 5) is 20.2. The number of carbonyl (C=O) groups excluding carboxylic acids is 1. The van der Waals surface area contributed by atoms with Crippen molar-refractivity contribution >= 4 is 35.0 Å². The number of ether oxygens (including phenoxy) is 1. The van der Waals surface area contributed by atoms with Gasteiger partial charge in [0.1, 0.15) is 11.4 Å². The van der Waals surface area contributed by atoms with Crippen LogP contribution in [0.4, 0.5) is 5.82 Å². The van der Waals surface area contributed by atoms with E-state index >= 15 is 0 Å². The van der Waals surface area contributed by atoms with Crippen molar-refractivity contribution < 1.29 is 9.53 Å². The zero-order chi connectivity index (χ0) is 15.6. The fraction of sp³-hybridized carbons (Fsp3) is 0.214. The molecule has 0 amide bonds. The van der Waals surface area contributed by atoms with Crippen molar-refractivity contribution in [3.63, 3.8) is 0 Å². The van der Waals surface area contributed by atoms with Crippen LogP contribution in [0.3, 0.4) is 0 Å². The van der Waals surface area contributed by atoms with Crippen LogP contribution in [0.15, 0.2) is 18.2 Å². The Hall–Kier alpha value is -1.85. The monoisotopic (exact) mass is 325 g/mol. The van der Waals surface area contributed by atoms with E-state index < -0.39 is 5.97 Å². The minimum atomic E-state index is -0.534. The number of anilines is 1. The number of halogens is 2. The smallest absolute Gasteiger partial charge is 0.343 e. The summed E-state index contributed by atoms with van der Waals surface area (Å²) in [5, 5.41) is 0.830. The molecule has 0 fully saturated rings. The maximum atomic E-state index is 11.8. The first-order valence-corrected chi connectivity index (χ1v) is 6.96. The molecule has 1 aromatic heterocycles. The van der Waals surface area contributed by atoms with Gasteiger partial charge < -0.3 is 10.5 Å². The van der Waals surface area contributed by atoms with Gasteiger partial charge >= 0.3 is 5.97 Å². The van der Waals surface area contributed by atoms with Gasteiger partial charge in [-0.15, -0.1) is 0 Å². The molecule has 0 radical (unpaired) electrons. The number of esters is 1. The van der Waals surface area contributed by atoms with Crippen molar-refractivity contribution in [1.82, 2.24) is 9.97 Å². The number of hydrogen-bond acceptors (Lipinski definition) is 5. The number of carbonyl (C=O) groups is 1. The third-order valence-corrected chi connectivity index (χ3v) is 3.51. The lowest BCUT2D eigenvalue weighted by molar-refractivity contribution is 0.0526. The Morgan fingerprint density at radius 3 is 2.57 bits per heavy atom. The third-order valence-electron chi connectivity index (χ3n) is 2.78. The molecule has 0 aliphatic rings. The zero-order valence-electron chi connectivity index (χ0n) is 11.5. The molecule has 110 valence electrons. The van der Waals surface area contributed by atoms with Gasteiger partial charge in [0.25, 0.3) is 0 Å². The van der Waals surface area contributed by atoms with E-state index in [9.17, 15) is 4.79 Å². The lowest BCUT2D eigenvalue weighted by atomic mass is 10.1. The standard InChI is InChI=1S/C14H13Cl2N3O2/c1-3-21-14(20)11-7(2)18-13(19-12(11)17)8-4-5-9(15)10(16)6-8/h4-6H,3H2,1-2H3,(H2,17,18,19). The molecule has 1 aromatic carbocycles. The molecule has 0 unspecified atom stereocenters. The molecular weight excluding hydrogens is 313 g/mol. The summed E-state index contributed by atoms with van der Waals surface area (Å²) >= 11 is 11.8. The molecule has 21 heavy (non-hydrogen) atoms. The van der Waals surface area contributed by atoms with Crippen molar-refractivity contribution in [1.29, 1.82) is 0 Å².